The van der Waals surface area contributed by atoms with Crippen LogP contribution in [-0.2, 0) is 12.8 Å². The maximum Gasteiger partial charge on any atom is 0.154 e. The Morgan fingerprint density at radius 1 is 1.22 bits per heavy atom. The van der Waals surface area contributed by atoms with Gasteiger partial charge in [-0.05, 0) is 62.8 Å². The lowest BCUT2D eigenvalue weighted by Gasteiger charge is -2.11. The van der Waals surface area contributed by atoms with E-state index in [0.717, 1.165) is 29.9 Å². The van der Waals surface area contributed by atoms with Gasteiger partial charge in [0.05, 0.1) is 16.9 Å². The Hall–Kier alpha value is -2.42. The molecule has 23 heavy (non-hydrogen) atoms. The SMILES string of the molecule is C=C(C)[C@@H]1Cc2c(C)nn(-c3cc(C)c4ccccc4n3)c2C1. The summed E-state index contributed by atoms with van der Waals surface area (Å²) >= 11 is 0. The van der Waals surface area contributed by atoms with E-state index >= 15 is 0 Å². The molecule has 3 nitrogen and oxygen atoms in total. The summed E-state index contributed by atoms with van der Waals surface area (Å²) in [5, 5.41) is 5.97. The molecule has 0 bridgehead atoms. The highest BCUT2D eigenvalue weighted by Gasteiger charge is 2.29. The van der Waals surface area contributed by atoms with Crippen molar-refractivity contribution in [2.24, 2.45) is 5.92 Å². The molecule has 0 aliphatic heterocycles. The minimum atomic E-state index is 0.537. The molecule has 3 aromatic rings. The Morgan fingerprint density at radius 2 is 2.00 bits per heavy atom. The Labute approximate surface area is 136 Å². The zero-order valence-corrected chi connectivity index (χ0v) is 13.9. The van der Waals surface area contributed by atoms with E-state index in [1.807, 2.05) is 10.7 Å². The van der Waals surface area contributed by atoms with Crippen molar-refractivity contribution in [1.82, 2.24) is 14.8 Å². The zero-order valence-electron chi connectivity index (χ0n) is 13.9. The van der Waals surface area contributed by atoms with Gasteiger partial charge in [0.1, 0.15) is 0 Å². The van der Waals surface area contributed by atoms with Gasteiger partial charge in [-0.2, -0.15) is 5.10 Å². The van der Waals surface area contributed by atoms with Crippen molar-refractivity contribution in [2.75, 3.05) is 0 Å². The Balaban J connectivity index is 1.87. The van der Waals surface area contributed by atoms with Crippen LogP contribution in [0.2, 0.25) is 0 Å². The number of nitrogens with zero attached hydrogens (tertiary/aromatic N) is 3. The molecule has 4 rings (SSSR count). The van der Waals surface area contributed by atoms with E-state index in [-0.39, 0.29) is 0 Å². The number of hydrogen-bond donors (Lipinski definition) is 0. The summed E-state index contributed by atoms with van der Waals surface area (Å²) in [5.41, 5.74) is 7.33. The van der Waals surface area contributed by atoms with Crippen molar-refractivity contribution >= 4 is 10.9 Å². The standard InChI is InChI=1S/C20H21N3/c1-12(2)15-10-17-14(4)22-23(19(17)11-15)20-9-13(3)16-7-5-6-8-18(16)21-20/h5-9,15H,1,10-11H2,2-4H3/t15-/m1/s1. The Kier molecular flexibility index (Phi) is 3.12. The van der Waals surface area contributed by atoms with Gasteiger partial charge in [-0.15, -0.1) is 0 Å². The molecule has 0 N–H and O–H groups in total. The van der Waals surface area contributed by atoms with Crippen molar-refractivity contribution in [2.45, 2.75) is 33.6 Å². The van der Waals surface area contributed by atoms with Gasteiger partial charge < -0.3 is 0 Å². The average Bonchev–Trinajstić information content (AvgIpc) is 3.08. The van der Waals surface area contributed by atoms with Crippen LogP contribution < -0.4 is 0 Å². The van der Waals surface area contributed by atoms with Crippen LogP contribution in [0.15, 0.2) is 42.5 Å². The number of fused-ring (bicyclic) bond motifs is 2. The number of aryl methyl sites for hydroxylation is 2. The number of aromatic nitrogens is 3. The summed E-state index contributed by atoms with van der Waals surface area (Å²) < 4.78 is 2.05. The molecule has 0 fully saturated rings. The summed E-state index contributed by atoms with van der Waals surface area (Å²) in [7, 11) is 0. The van der Waals surface area contributed by atoms with E-state index in [2.05, 4.69) is 51.6 Å². The lowest BCUT2D eigenvalue weighted by atomic mass is 9.99. The molecular formula is C20H21N3. The maximum absolute atomic E-state index is 4.85. The molecule has 2 aromatic heterocycles. The molecule has 0 spiro atoms. The first-order valence-electron chi connectivity index (χ1n) is 8.14. The number of pyridine rings is 1. The van der Waals surface area contributed by atoms with Gasteiger partial charge in [0.25, 0.3) is 0 Å². The lowest BCUT2D eigenvalue weighted by Crippen LogP contribution is -2.08. The molecule has 0 saturated carbocycles. The molecule has 1 aromatic carbocycles. The molecule has 0 saturated heterocycles. The molecule has 116 valence electrons. The van der Waals surface area contributed by atoms with E-state index in [1.54, 1.807) is 0 Å². The fourth-order valence-corrected chi connectivity index (χ4v) is 3.61. The monoisotopic (exact) mass is 303 g/mol. The summed E-state index contributed by atoms with van der Waals surface area (Å²) in [6.07, 6.45) is 2.07. The average molecular weight is 303 g/mol. The molecule has 0 unspecified atom stereocenters. The lowest BCUT2D eigenvalue weighted by molar-refractivity contribution is 0.629. The molecule has 1 aliphatic rings. The third-order valence-corrected chi connectivity index (χ3v) is 5.00. The highest BCUT2D eigenvalue weighted by molar-refractivity contribution is 5.82. The second-order valence-corrected chi connectivity index (χ2v) is 6.69. The van der Waals surface area contributed by atoms with Crippen molar-refractivity contribution in [3.8, 4) is 5.82 Å². The predicted octanol–water partition coefficient (Wildman–Crippen LogP) is 4.33. The van der Waals surface area contributed by atoms with E-state index in [1.165, 1.54) is 27.8 Å². The van der Waals surface area contributed by atoms with Gasteiger partial charge in [0.15, 0.2) is 5.82 Å². The van der Waals surface area contributed by atoms with Crippen LogP contribution in [0, 0.1) is 19.8 Å². The van der Waals surface area contributed by atoms with E-state index in [4.69, 9.17) is 10.1 Å². The molecule has 3 heteroatoms. The summed E-state index contributed by atoms with van der Waals surface area (Å²) in [6, 6.07) is 10.4. The number of allylic oxidation sites excluding steroid dienone is 1. The predicted molar refractivity (Wildman–Crippen MR) is 94.1 cm³/mol. The van der Waals surface area contributed by atoms with Crippen LogP contribution >= 0.6 is 0 Å². The highest BCUT2D eigenvalue weighted by atomic mass is 15.3. The minimum Gasteiger partial charge on any atom is -0.229 e. The molecular weight excluding hydrogens is 282 g/mol. The normalized spacial score (nSPS) is 16.7. The second kappa shape index (κ2) is 5.05. The number of rotatable bonds is 2. The number of benzene rings is 1. The van der Waals surface area contributed by atoms with Gasteiger partial charge in [-0.1, -0.05) is 30.4 Å². The fourth-order valence-electron chi connectivity index (χ4n) is 3.61. The summed E-state index contributed by atoms with van der Waals surface area (Å²) in [4.78, 5) is 4.85. The van der Waals surface area contributed by atoms with E-state index in [9.17, 15) is 0 Å². The first-order valence-corrected chi connectivity index (χ1v) is 8.14. The van der Waals surface area contributed by atoms with Crippen LogP contribution in [-0.4, -0.2) is 14.8 Å². The van der Waals surface area contributed by atoms with Gasteiger partial charge in [0, 0.05) is 5.39 Å². The van der Waals surface area contributed by atoms with Crippen molar-refractivity contribution in [3.05, 3.63) is 65.0 Å². The van der Waals surface area contributed by atoms with Crippen molar-refractivity contribution in [3.63, 3.8) is 0 Å². The van der Waals surface area contributed by atoms with Gasteiger partial charge >= 0.3 is 0 Å². The van der Waals surface area contributed by atoms with E-state index in [0.29, 0.717) is 5.92 Å². The Morgan fingerprint density at radius 3 is 2.78 bits per heavy atom. The zero-order chi connectivity index (χ0) is 16.1. The molecule has 0 radical (unpaired) electrons. The van der Waals surface area contributed by atoms with Gasteiger partial charge in [-0.25, -0.2) is 9.67 Å². The molecule has 1 aliphatic carbocycles. The maximum atomic E-state index is 4.85. The Bertz CT molecular complexity index is 933. The van der Waals surface area contributed by atoms with E-state index < -0.39 is 0 Å². The van der Waals surface area contributed by atoms with Crippen LogP contribution in [0.25, 0.3) is 16.7 Å². The smallest absolute Gasteiger partial charge is 0.154 e. The second-order valence-electron chi connectivity index (χ2n) is 6.69. The van der Waals surface area contributed by atoms with Crippen LogP contribution in [0.5, 0.6) is 0 Å². The third-order valence-electron chi connectivity index (χ3n) is 5.00. The first-order chi connectivity index (χ1) is 11.0. The molecule has 2 heterocycles. The first kappa shape index (κ1) is 14.2. The minimum absolute atomic E-state index is 0.537. The van der Waals surface area contributed by atoms with Gasteiger partial charge in [-0.3, -0.25) is 0 Å². The number of hydrogen-bond acceptors (Lipinski definition) is 2. The van der Waals surface area contributed by atoms with Crippen LogP contribution in [0.1, 0.15) is 29.4 Å². The summed E-state index contributed by atoms with van der Waals surface area (Å²) in [6.45, 7) is 10.5. The van der Waals surface area contributed by atoms with Crippen LogP contribution in [0.3, 0.4) is 0 Å². The van der Waals surface area contributed by atoms with Crippen molar-refractivity contribution < 1.29 is 0 Å². The highest BCUT2D eigenvalue weighted by Crippen LogP contribution is 2.34. The van der Waals surface area contributed by atoms with Gasteiger partial charge in [0.2, 0.25) is 0 Å². The summed E-state index contributed by atoms with van der Waals surface area (Å²) in [5.74, 6) is 1.46. The molecule has 1 atom stereocenters. The molecule has 0 amide bonds. The van der Waals surface area contributed by atoms with Crippen LogP contribution in [0.4, 0.5) is 0 Å². The number of para-hydroxylation sites is 1. The largest absolute Gasteiger partial charge is 0.229 e. The topological polar surface area (TPSA) is 30.7 Å². The fraction of sp³-hybridized carbons (Fsp3) is 0.300. The third kappa shape index (κ3) is 2.19. The quantitative estimate of drug-likeness (QED) is 0.660. The van der Waals surface area contributed by atoms with Crippen molar-refractivity contribution in [1.29, 1.82) is 0 Å².